The zero-order valence-corrected chi connectivity index (χ0v) is 14.6. The number of fused-ring (bicyclic) bond motifs is 1. The van der Waals surface area contributed by atoms with Crippen LogP contribution in [-0.2, 0) is 17.8 Å². The van der Waals surface area contributed by atoms with Gasteiger partial charge in [-0.1, -0.05) is 19.1 Å². The molecule has 128 valence electrons. The average molecular weight is 326 g/mol. The Bertz CT molecular complexity index is 664. The molecule has 0 radical (unpaired) electrons. The molecule has 4 heteroatoms. The van der Waals surface area contributed by atoms with Crippen LogP contribution in [0.5, 0.6) is 0 Å². The summed E-state index contributed by atoms with van der Waals surface area (Å²) in [5, 5.41) is 0. The number of benzene rings is 1. The predicted molar refractivity (Wildman–Crippen MR) is 94.7 cm³/mol. The van der Waals surface area contributed by atoms with Gasteiger partial charge in [0.25, 0.3) is 5.91 Å². The van der Waals surface area contributed by atoms with Gasteiger partial charge in [-0.2, -0.15) is 0 Å². The molecule has 0 aromatic heterocycles. The van der Waals surface area contributed by atoms with E-state index >= 15 is 0 Å². The Labute approximate surface area is 144 Å². The summed E-state index contributed by atoms with van der Waals surface area (Å²) >= 11 is 0. The molecule has 0 N–H and O–H groups in total. The van der Waals surface area contributed by atoms with Crippen molar-refractivity contribution in [2.45, 2.75) is 45.2 Å². The van der Waals surface area contributed by atoms with Crippen molar-refractivity contribution < 1.29 is 9.59 Å². The van der Waals surface area contributed by atoms with Crippen molar-refractivity contribution in [2.75, 3.05) is 13.6 Å². The van der Waals surface area contributed by atoms with Crippen molar-refractivity contribution in [3.05, 3.63) is 47.5 Å². The first-order valence-corrected chi connectivity index (χ1v) is 8.80. The highest BCUT2D eigenvalue weighted by atomic mass is 16.2. The summed E-state index contributed by atoms with van der Waals surface area (Å²) in [7, 11) is 1.89. The molecule has 2 aliphatic rings. The number of amides is 2. The fourth-order valence-electron chi connectivity index (χ4n) is 3.37. The van der Waals surface area contributed by atoms with Gasteiger partial charge in [0.2, 0.25) is 5.91 Å². The van der Waals surface area contributed by atoms with Gasteiger partial charge in [-0.15, -0.1) is 6.58 Å². The van der Waals surface area contributed by atoms with Gasteiger partial charge in [0, 0.05) is 37.7 Å². The van der Waals surface area contributed by atoms with Crippen molar-refractivity contribution in [3.63, 3.8) is 0 Å². The second-order valence-electron chi connectivity index (χ2n) is 7.07. The average Bonchev–Trinajstić information content (AvgIpc) is 3.44. The summed E-state index contributed by atoms with van der Waals surface area (Å²) in [6.45, 7) is 7.04. The van der Waals surface area contributed by atoms with Crippen LogP contribution in [0.15, 0.2) is 30.9 Å². The number of carbonyl (C=O) groups is 2. The van der Waals surface area contributed by atoms with Crippen LogP contribution in [0.1, 0.15) is 47.7 Å². The molecule has 1 aromatic carbocycles. The molecule has 24 heavy (non-hydrogen) atoms. The molecule has 1 saturated carbocycles. The minimum absolute atomic E-state index is 0.0166. The minimum Gasteiger partial charge on any atom is -0.339 e. The highest BCUT2D eigenvalue weighted by Crippen LogP contribution is 2.28. The summed E-state index contributed by atoms with van der Waals surface area (Å²) in [5.41, 5.74) is 3.12. The van der Waals surface area contributed by atoms with E-state index < -0.39 is 0 Å². The first-order chi connectivity index (χ1) is 11.5. The molecule has 1 aromatic rings. The smallest absolute Gasteiger partial charge is 0.253 e. The predicted octanol–water partition coefficient (Wildman–Crippen LogP) is 3.02. The van der Waals surface area contributed by atoms with Crippen LogP contribution in [0.2, 0.25) is 0 Å². The number of hydrogen-bond donors (Lipinski definition) is 0. The van der Waals surface area contributed by atoms with Gasteiger partial charge in [0.05, 0.1) is 0 Å². The maximum atomic E-state index is 12.5. The minimum atomic E-state index is -0.0166. The summed E-state index contributed by atoms with van der Waals surface area (Å²) < 4.78 is 0. The van der Waals surface area contributed by atoms with Gasteiger partial charge in [-0.3, -0.25) is 9.59 Å². The molecule has 0 saturated heterocycles. The van der Waals surface area contributed by atoms with Crippen LogP contribution in [0, 0.1) is 5.92 Å². The van der Waals surface area contributed by atoms with E-state index in [1.807, 2.05) is 42.0 Å². The van der Waals surface area contributed by atoms with E-state index in [4.69, 9.17) is 0 Å². The molecule has 1 fully saturated rings. The van der Waals surface area contributed by atoms with E-state index in [-0.39, 0.29) is 17.7 Å². The normalized spacial score (nSPS) is 17.8. The van der Waals surface area contributed by atoms with Crippen molar-refractivity contribution in [1.82, 2.24) is 9.80 Å². The van der Waals surface area contributed by atoms with E-state index in [2.05, 4.69) is 6.58 Å². The van der Waals surface area contributed by atoms with E-state index in [1.165, 1.54) is 5.56 Å². The first kappa shape index (κ1) is 16.7. The van der Waals surface area contributed by atoms with Crippen LogP contribution in [-0.4, -0.2) is 41.2 Å². The number of carbonyl (C=O) groups excluding carboxylic acids is 2. The fraction of sp³-hybridized carbons (Fsp3) is 0.500. The van der Waals surface area contributed by atoms with Crippen LogP contribution in [0.25, 0.3) is 0 Å². The topological polar surface area (TPSA) is 40.6 Å². The molecular weight excluding hydrogens is 300 g/mol. The molecule has 1 aliphatic carbocycles. The molecule has 1 atom stereocenters. The third-order valence-corrected chi connectivity index (χ3v) is 5.13. The van der Waals surface area contributed by atoms with Gasteiger partial charge >= 0.3 is 0 Å². The molecule has 1 unspecified atom stereocenters. The lowest BCUT2D eigenvalue weighted by Crippen LogP contribution is -2.39. The molecule has 0 spiro atoms. The monoisotopic (exact) mass is 326 g/mol. The largest absolute Gasteiger partial charge is 0.339 e. The maximum absolute atomic E-state index is 12.5. The summed E-state index contributed by atoms with van der Waals surface area (Å²) in [5.74, 6) is 0.282. The zero-order valence-electron chi connectivity index (χ0n) is 14.6. The SMILES string of the molecule is C=CCC(C)C(=O)N1CCc2cc(C(=O)N(C)C3CC3)ccc2C1. The third-order valence-electron chi connectivity index (χ3n) is 5.13. The molecule has 0 bridgehead atoms. The van der Waals surface area contributed by atoms with Crippen LogP contribution >= 0.6 is 0 Å². The number of rotatable bonds is 5. The van der Waals surface area contributed by atoms with Gasteiger partial charge in [-0.25, -0.2) is 0 Å². The quantitative estimate of drug-likeness (QED) is 0.781. The highest BCUT2D eigenvalue weighted by Gasteiger charge is 2.31. The lowest BCUT2D eigenvalue weighted by molar-refractivity contribution is -0.135. The van der Waals surface area contributed by atoms with Crippen LogP contribution < -0.4 is 0 Å². The first-order valence-electron chi connectivity index (χ1n) is 8.80. The molecule has 2 amide bonds. The third kappa shape index (κ3) is 3.37. The number of hydrogen-bond acceptors (Lipinski definition) is 2. The van der Waals surface area contributed by atoms with Gasteiger partial charge in [0.1, 0.15) is 0 Å². The standard InChI is InChI=1S/C20H26N2O2/c1-4-5-14(2)19(23)22-11-10-15-12-16(6-7-17(15)13-22)20(24)21(3)18-8-9-18/h4,6-7,12,14,18H,1,5,8-11,13H2,2-3H3. The van der Waals surface area contributed by atoms with Crippen molar-refractivity contribution >= 4 is 11.8 Å². The lowest BCUT2D eigenvalue weighted by Gasteiger charge is -2.31. The van der Waals surface area contributed by atoms with Crippen molar-refractivity contribution in [3.8, 4) is 0 Å². The van der Waals surface area contributed by atoms with E-state index in [1.54, 1.807) is 6.08 Å². The molecule has 1 heterocycles. The Morgan fingerprint density at radius 2 is 2.12 bits per heavy atom. The highest BCUT2D eigenvalue weighted by molar-refractivity contribution is 5.94. The Morgan fingerprint density at radius 3 is 2.79 bits per heavy atom. The summed E-state index contributed by atoms with van der Waals surface area (Å²) in [4.78, 5) is 28.7. The van der Waals surface area contributed by atoms with Gasteiger partial charge in [0.15, 0.2) is 0 Å². The Hall–Kier alpha value is -2.10. The van der Waals surface area contributed by atoms with Crippen molar-refractivity contribution in [2.24, 2.45) is 5.92 Å². The lowest BCUT2D eigenvalue weighted by atomic mass is 9.95. The Balaban J connectivity index is 1.71. The maximum Gasteiger partial charge on any atom is 0.253 e. The van der Waals surface area contributed by atoms with Crippen molar-refractivity contribution in [1.29, 1.82) is 0 Å². The van der Waals surface area contributed by atoms with E-state index in [9.17, 15) is 9.59 Å². The zero-order chi connectivity index (χ0) is 17.3. The Morgan fingerprint density at radius 1 is 1.38 bits per heavy atom. The molecular formula is C20H26N2O2. The molecule has 3 rings (SSSR count). The second-order valence-corrected chi connectivity index (χ2v) is 7.07. The summed E-state index contributed by atoms with van der Waals surface area (Å²) in [6.07, 6.45) is 5.56. The van der Waals surface area contributed by atoms with Gasteiger partial charge < -0.3 is 9.80 Å². The van der Waals surface area contributed by atoms with Crippen LogP contribution in [0.3, 0.4) is 0 Å². The second kappa shape index (κ2) is 6.80. The number of nitrogens with zero attached hydrogens (tertiary/aromatic N) is 2. The fourth-order valence-corrected chi connectivity index (χ4v) is 3.37. The number of allylic oxidation sites excluding steroid dienone is 1. The van der Waals surface area contributed by atoms with E-state index in [0.717, 1.165) is 36.9 Å². The van der Waals surface area contributed by atoms with E-state index in [0.29, 0.717) is 19.0 Å². The molecule has 1 aliphatic heterocycles. The Kier molecular flexibility index (Phi) is 4.74. The van der Waals surface area contributed by atoms with Crippen LogP contribution in [0.4, 0.5) is 0 Å². The summed E-state index contributed by atoms with van der Waals surface area (Å²) in [6, 6.07) is 6.36. The molecule has 4 nitrogen and oxygen atoms in total. The van der Waals surface area contributed by atoms with Gasteiger partial charge in [-0.05, 0) is 48.9 Å².